The summed E-state index contributed by atoms with van der Waals surface area (Å²) in [5.74, 6) is 0.857. The van der Waals surface area contributed by atoms with E-state index in [4.69, 9.17) is 9.40 Å². The molecule has 0 atom stereocenters. The number of aryl methyl sites for hydroxylation is 1. The van der Waals surface area contributed by atoms with E-state index in [1.165, 1.54) is 11.3 Å². The summed E-state index contributed by atoms with van der Waals surface area (Å²) < 4.78 is 5.42. The molecule has 1 aromatic carbocycles. The van der Waals surface area contributed by atoms with Gasteiger partial charge in [0.2, 0.25) is 0 Å². The highest BCUT2D eigenvalue weighted by molar-refractivity contribution is 7.13. The summed E-state index contributed by atoms with van der Waals surface area (Å²) in [5, 5.41) is 3.11. The van der Waals surface area contributed by atoms with E-state index in [0.29, 0.717) is 0 Å². The fourth-order valence-electron chi connectivity index (χ4n) is 3.11. The van der Waals surface area contributed by atoms with Gasteiger partial charge in [0.1, 0.15) is 0 Å². The van der Waals surface area contributed by atoms with Crippen molar-refractivity contribution in [3.8, 4) is 10.8 Å². The summed E-state index contributed by atoms with van der Waals surface area (Å²) in [6.45, 7) is 7.35. The first-order valence-corrected chi connectivity index (χ1v) is 9.18. The number of furan rings is 1. The van der Waals surface area contributed by atoms with E-state index in [2.05, 4.69) is 46.4 Å². The van der Waals surface area contributed by atoms with Crippen molar-refractivity contribution < 1.29 is 4.42 Å². The van der Waals surface area contributed by atoms with Crippen molar-refractivity contribution in [3.63, 3.8) is 0 Å². The number of aromatic nitrogens is 1. The highest BCUT2D eigenvalue weighted by Gasteiger charge is 2.18. The van der Waals surface area contributed by atoms with Crippen LogP contribution in [-0.4, -0.2) is 36.1 Å². The second kappa shape index (κ2) is 6.79. The Morgan fingerprint density at radius 3 is 2.75 bits per heavy atom. The zero-order chi connectivity index (χ0) is 16.4. The lowest BCUT2D eigenvalue weighted by atomic mass is 10.2. The summed E-state index contributed by atoms with van der Waals surface area (Å²) in [4.78, 5) is 9.66. The minimum absolute atomic E-state index is 0.857. The van der Waals surface area contributed by atoms with E-state index in [1.54, 1.807) is 17.6 Å². The van der Waals surface area contributed by atoms with E-state index < -0.39 is 0 Å². The third kappa shape index (κ3) is 3.37. The number of anilines is 1. The van der Waals surface area contributed by atoms with Crippen LogP contribution < -0.4 is 4.90 Å². The van der Waals surface area contributed by atoms with E-state index in [-0.39, 0.29) is 0 Å². The lowest BCUT2D eigenvalue weighted by Gasteiger charge is -2.35. The Balaban J connectivity index is 1.35. The zero-order valence-corrected chi connectivity index (χ0v) is 14.6. The maximum absolute atomic E-state index is 5.42. The molecular weight excluding hydrogens is 318 g/mol. The van der Waals surface area contributed by atoms with Crippen molar-refractivity contribution >= 4 is 17.0 Å². The molecule has 0 aliphatic carbocycles. The second-order valence-electron chi connectivity index (χ2n) is 6.22. The van der Waals surface area contributed by atoms with E-state index in [0.717, 1.165) is 49.2 Å². The first-order chi connectivity index (χ1) is 11.8. The summed E-state index contributed by atoms with van der Waals surface area (Å²) in [6.07, 6.45) is 1.70. The normalized spacial score (nSPS) is 15.8. The minimum Gasteiger partial charge on any atom is -0.462 e. The lowest BCUT2D eigenvalue weighted by Crippen LogP contribution is -2.46. The summed E-state index contributed by atoms with van der Waals surface area (Å²) in [6, 6.07) is 12.6. The van der Waals surface area contributed by atoms with Gasteiger partial charge in [0, 0.05) is 43.8 Å². The van der Waals surface area contributed by atoms with E-state index >= 15 is 0 Å². The van der Waals surface area contributed by atoms with Crippen LogP contribution >= 0.6 is 11.3 Å². The van der Waals surface area contributed by atoms with Gasteiger partial charge in [0.25, 0.3) is 0 Å². The number of piperazine rings is 1. The third-order valence-corrected chi connectivity index (χ3v) is 5.31. The lowest BCUT2D eigenvalue weighted by molar-refractivity contribution is 0.247. The number of rotatable bonds is 4. The van der Waals surface area contributed by atoms with Crippen molar-refractivity contribution in [2.75, 3.05) is 31.1 Å². The van der Waals surface area contributed by atoms with Crippen LogP contribution in [0.25, 0.3) is 10.8 Å². The van der Waals surface area contributed by atoms with Crippen molar-refractivity contribution in [1.82, 2.24) is 9.88 Å². The van der Waals surface area contributed by atoms with Gasteiger partial charge in [0.15, 0.2) is 10.8 Å². The molecule has 2 aromatic heterocycles. The molecule has 4 rings (SSSR count). The van der Waals surface area contributed by atoms with Gasteiger partial charge in [-0.3, -0.25) is 4.90 Å². The van der Waals surface area contributed by atoms with Crippen LogP contribution in [0.1, 0.15) is 11.3 Å². The summed E-state index contributed by atoms with van der Waals surface area (Å²) in [7, 11) is 0. The number of thiazole rings is 1. The van der Waals surface area contributed by atoms with E-state index in [1.807, 2.05) is 12.1 Å². The van der Waals surface area contributed by atoms with Crippen LogP contribution in [-0.2, 0) is 6.54 Å². The van der Waals surface area contributed by atoms with Crippen LogP contribution in [0, 0.1) is 6.92 Å². The number of benzene rings is 1. The fraction of sp³-hybridized carbons (Fsp3) is 0.316. The van der Waals surface area contributed by atoms with Gasteiger partial charge < -0.3 is 9.32 Å². The molecule has 1 fully saturated rings. The standard InChI is InChI=1S/C19H21N3OS/c1-15-4-2-5-17(12-15)22-9-7-21(8-10-22)13-16-14-24-19(20-16)18-6-3-11-23-18/h2-6,11-12,14H,7-10,13H2,1H3. The van der Waals surface area contributed by atoms with Crippen LogP contribution in [0.3, 0.4) is 0 Å². The summed E-state index contributed by atoms with van der Waals surface area (Å²) >= 11 is 1.65. The van der Waals surface area contributed by atoms with Gasteiger partial charge in [0.05, 0.1) is 12.0 Å². The van der Waals surface area contributed by atoms with Gasteiger partial charge in [-0.15, -0.1) is 11.3 Å². The number of nitrogens with zero attached hydrogens (tertiary/aromatic N) is 3. The van der Waals surface area contributed by atoms with Crippen LogP contribution in [0.2, 0.25) is 0 Å². The molecule has 1 aliphatic heterocycles. The molecule has 4 nitrogen and oxygen atoms in total. The first kappa shape index (κ1) is 15.4. The average molecular weight is 339 g/mol. The van der Waals surface area contributed by atoms with Crippen molar-refractivity contribution in [2.24, 2.45) is 0 Å². The molecule has 5 heteroatoms. The molecule has 1 saturated heterocycles. The van der Waals surface area contributed by atoms with Crippen LogP contribution in [0.5, 0.6) is 0 Å². The van der Waals surface area contributed by atoms with Gasteiger partial charge in [-0.25, -0.2) is 4.98 Å². The Morgan fingerprint density at radius 1 is 1.12 bits per heavy atom. The van der Waals surface area contributed by atoms with Crippen LogP contribution in [0.15, 0.2) is 52.5 Å². The van der Waals surface area contributed by atoms with Crippen molar-refractivity contribution in [1.29, 1.82) is 0 Å². The smallest absolute Gasteiger partial charge is 0.162 e. The Labute approximate surface area is 146 Å². The van der Waals surface area contributed by atoms with Gasteiger partial charge in [-0.05, 0) is 36.8 Å². The maximum Gasteiger partial charge on any atom is 0.162 e. The fourth-order valence-corrected chi connectivity index (χ4v) is 3.89. The Bertz CT molecular complexity index is 789. The molecule has 3 heterocycles. The summed E-state index contributed by atoms with van der Waals surface area (Å²) in [5.41, 5.74) is 3.79. The predicted octanol–water partition coefficient (Wildman–Crippen LogP) is 4.03. The molecule has 0 unspecified atom stereocenters. The van der Waals surface area contributed by atoms with Gasteiger partial charge >= 0.3 is 0 Å². The first-order valence-electron chi connectivity index (χ1n) is 8.30. The Hall–Kier alpha value is -2.11. The number of hydrogen-bond acceptors (Lipinski definition) is 5. The largest absolute Gasteiger partial charge is 0.462 e. The van der Waals surface area contributed by atoms with Gasteiger partial charge in [-0.1, -0.05) is 12.1 Å². The third-order valence-electron chi connectivity index (χ3n) is 4.41. The molecule has 0 bridgehead atoms. The van der Waals surface area contributed by atoms with Crippen molar-refractivity contribution in [3.05, 3.63) is 59.3 Å². The quantitative estimate of drug-likeness (QED) is 0.718. The highest BCUT2D eigenvalue weighted by Crippen LogP contribution is 2.25. The molecule has 0 amide bonds. The topological polar surface area (TPSA) is 32.5 Å². The average Bonchev–Trinajstić information content (AvgIpc) is 3.27. The van der Waals surface area contributed by atoms with Gasteiger partial charge in [-0.2, -0.15) is 0 Å². The highest BCUT2D eigenvalue weighted by atomic mass is 32.1. The maximum atomic E-state index is 5.42. The molecular formula is C19H21N3OS. The molecule has 0 saturated carbocycles. The monoisotopic (exact) mass is 339 g/mol. The molecule has 0 spiro atoms. The molecule has 3 aromatic rings. The molecule has 124 valence electrons. The molecule has 1 aliphatic rings. The van der Waals surface area contributed by atoms with Crippen molar-refractivity contribution in [2.45, 2.75) is 13.5 Å². The SMILES string of the molecule is Cc1cccc(N2CCN(Cc3csc(-c4ccco4)n3)CC2)c1. The van der Waals surface area contributed by atoms with E-state index in [9.17, 15) is 0 Å². The Morgan fingerprint density at radius 2 is 2.00 bits per heavy atom. The number of hydrogen-bond donors (Lipinski definition) is 0. The molecule has 0 radical (unpaired) electrons. The predicted molar refractivity (Wildman–Crippen MR) is 98.5 cm³/mol. The minimum atomic E-state index is 0.857. The molecule has 24 heavy (non-hydrogen) atoms. The molecule has 0 N–H and O–H groups in total. The Kier molecular flexibility index (Phi) is 4.36. The zero-order valence-electron chi connectivity index (χ0n) is 13.8. The van der Waals surface area contributed by atoms with Crippen LogP contribution in [0.4, 0.5) is 5.69 Å². The second-order valence-corrected chi connectivity index (χ2v) is 7.08.